The van der Waals surface area contributed by atoms with Crippen molar-refractivity contribution in [2.75, 3.05) is 13.1 Å². The van der Waals surface area contributed by atoms with Crippen LogP contribution in [0.1, 0.15) is 25.7 Å². The lowest BCUT2D eigenvalue weighted by molar-refractivity contribution is 0.0438. The molecule has 2 atom stereocenters. The molecule has 3 heteroatoms. The van der Waals surface area contributed by atoms with Gasteiger partial charge in [0, 0.05) is 0 Å². The second kappa shape index (κ2) is 2.98. The van der Waals surface area contributed by atoms with Gasteiger partial charge >= 0.3 is 0 Å². The van der Waals surface area contributed by atoms with Gasteiger partial charge < -0.3 is 15.5 Å². The Bertz CT molecular complexity index is 154. The number of hydrogen-bond donors (Lipinski definition) is 3. The highest BCUT2D eigenvalue weighted by Gasteiger charge is 2.44. The normalized spacial score (nSPS) is 40.5. The Morgan fingerprint density at radius 2 is 1.50 bits per heavy atom. The molecule has 2 fully saturated rings. The third kappa shape index (κ3) is 1.37. The minimum absolute atomic E-state index is 0.254. The number of hydrogen-bond acceptors (Lipinski definition) is 3. The molecule has 0 bridgehead atoms. The molecule has 0 aromatic carbocycles. The maximum absolute atomic E-state index is 9.44. The van der Waals surface area contributed by atoms with Crippen LogP contribution in [0, 0.1) is 5.41 Å². The molecule has 0 radical (unpaired) electrons. The summed E-state index contributed by atoms with van der Waals surface area (Å²) >= 11 is 0. The quantitative estimate of drug-likeness (QED) is 0.476. The van der Waals surface area contributed by atoms with Crippen LogP contribution in [0.15, 0.2) is 0 Å². The van der Waals surface area contributed by atoms with Gasteiger partial charge in [-0.1, -0.05) is 0 Å². The third-order valence-corrected chi connectivity index (χ3v) is 3.39. The highest BCUT2D eigenvalue weighted by molar-refractivity contribution is 4.96. The molecule has 0 unspecified atom stereocenters. The second-order valence-corrected chi connectivity index (χ2v) is 4.29. The highest BCUT2D eigenvalue weighted by atomic mass is 16.3. The Hall–Kier alpha value is -0.120. The van der Waals surface area contributed by atoms with Gasteiger partial charge in [-0.3, -0.25) is 0 Å². The van der Waals surface area contributed by atoms with E-state index < -0.39 is 12.2 Å². The van der Waals surface area contributed by atoms with Crippen LogP contribution in [-0.2, 0) is 0 Å². The molecule has 0 aromatic heterocycles. The first-order valence-electron chi connectivity index (χ1n) is 4.79. The lowest BCUT2D eigenvalue weighted by Crippen LogP contribution is -2.35. The molecule has 70 valence electrons. The van der Waals surface area contributed by atoms with Crippen molar-refractivity contribution in [3.8, 4) is 0 Å². The molecule has 1 aliphatic heterocycles. The zero-order valence-electron chi connectivity index (χ0n) is 7.29. The van der Waals surface area contributed by atoms with Gasteiger partial charge in [-0.25, -0.2) is 0 Å². The molecule has 3 nitrogen and oxygen atoms in total. The summed E-state index contributed by atoms with van der Waals surface area (Å²) in [6.45, 7) is 2.08. The van der Waals surface area contributed by atoms with Crippen molar-refractivity contribution in [3.63, 3.8) is 0 Å². The molecule has 0 amide bonds. The summed E-state index contributed by atoms with van der Waals surface area (Å²) in [5.41, 5.74) is 0.254. The highest BCUT2D eigenvalue weighted by Crippen LogP contribution is 2.44. The largest absolute Gasteiger partial charge is 0.390 e. The molecule has 0 aromatic rings. The maximum Gasteiger partial charge on any atom is 0.0804 e. The van der Waals surface area contributed by atoms with Gasteiger partial charge in [0.25, 0.3) is 0 Å². The first-order chi connectivity index (χ1) is 5.72. The van der Waals surface area contributed by atoms with Gasteiger partial charge in [-0.2, -0.15) is 0 Å². The minimum Gasteiger partial charge on any atom is -0.390 e. The predicted octanol–water partition coefficient (Wildman–Crippen LogP) is -0.128. The van der Waals surface area contributed by atoms with E-state index in [-0.39, 0.29) is 5.41 Å². The van der Waals surface area contributed by atoms with Crippen LogP contribution in [0.25, 0.3) is 0 Å². The first-order valence-corrected chi connectivity index (χ1v) is 4.79. The smallest absolute Gasteiger partial charge is 0.0804 e. The van der Waals surface area contributed by atoms with Crippen molar-refractivity contribution in [1.82, 2.24) is 5.32 Å². The van der Waals surface area contributed by atoms with Crippen LogP contribution < -0.4 is 5.32 Å². The van der Waals surface area contributed by atoms with Crippen molar-refractivity contribution < 1.29 is 10.2 Å². The van der Waals surface area contributed by atoms with E-state index in [2.05, 4.69) is 5.32 Å². The van der Waals surface area contributed by atoms with Gasteiger partial charge in [0.2, 0.25) is 0 Å². The van der Waals surface area contributed by atoms with Crippen molar-refractivity contribution in [3.05, 3.63) is 0 Å². The Balaban J connectivity index is 2.02. The van der Waals surface area contributed by atoms with Crippen molar-refractivity contribution in [1.29, 1.82) is 0 Å². The molecule has 2 aliphatic rings. The van der Waals surface area contributed by atoms with Crippen LogP contribution in [-0.4, -0.2) is 35.5 Å². The van der Waals surface area contributed by atoms with Gasteiger partial charge in [0.1, 0.15) is 0 Å². The maximum atomic E-state index is 9.44. The number of aliphatic hydroxyl groups excluding tert-OH is 2. The van der Waals surface area contributed by atoms with Crippen molar-refractivity contribution >= 4 is 0 Å². The van der Waals surface area contributed by atoms with E-state index >= 15 is 0 Å². The fourth-order valence-electron chi connectivity index (χ4n) is 2.61. The van der Waals surface area contributed by atoms with Gasteiger partial charge in [0.15, 0.2) is 0 Å². The van der Waals surface area contributed by atoms with Crippen LogP contribution in [0.2, 0.25) is 0 Å². The second-order valence-electron chi connectivity index (χ2n) is 4.29. The Kier molecular flexibility index (Phi) is 2.10. The fraction of sp³-hybridized carbons (Fsp3) is 1.00. The zero-order valence-corrected chi connectivity index (χ0v) is 7.29. The third-order valence-electron chi connectivity index (χ3n) is 3.39. The minimum atomic E-state index is -0.469. The van der Waals surface area contributed by atoms with Crippen LogP contribution in [0.4, 0.5) is 0 Å². The molecular formula is C9H17NO2. The number of aliphatic hydroxyl groups is 2. The average molecular weight is 171 g/mol. The standard InChI is InChI=1S/C9H17NO2/c11-7-5-9(6-8(7)12)1-3-10-4-2-9/h7-8,10-12H,1-6H2/t7-,8-/m1/s1. The van der Waals surface area contributed by atoms with E-state index in [1.807, 2.05) is 0 Å². The fourth-order valence-corrected chi connectivity index (χ4v) is 2.61. The lowest BCUT2D eigenvalue weighted by atomic mass is 9.77. The van der Waals surface area contributed by atoms with Gasteiger partial charge in [-0.15, -0.1) is 0 Å². The SMILES string of the molecule is O[C@@H]1CC2(CCNCC2)C[C@H]1O. The van der Waals surface area contributed by atoms with Crippen LogP contribution in [0.3, 0.4) is 0 Å². The Labute approximate surface area is 72.8 Å². The molecule has 1 saturated carbocycles. The Morgan fingerprint density at radius 3 is 2.00 bits per heavy atom. The summed E-state index contributed by atoms with van der Waals surface area (Å²) in [4.78, 5) is 0. The van der Waals surface area contributed by atoms with Gasteiger partial charge in [-0.05, 0) is 44.2 Å². The summed E-state index contributed by atoms with van der Waals surface area (Å²) in [5.74, 6) is 0. The number of piperidine rings is 1. The predicted molar refractivity (Wildman–Crippen MR) is 45.8 cm³/mol. The van der Waals surface area contributed by atoms with E-state index in [9.17, 15) is 10.2 Å². The van der Waals surface area contributed by atoms with E-state index in [0.717, 1.165) is 38.8 Å². The molecule has 1 aliphatic carbocycles. The summed E-state index contributed by atoms with van der Waals surface area (Å²) in [6.07, 6.45) is 2.89. The topological polar surface area (TPSA) is 52.5 Å². The molecule has 3 N–H and O–H groups in total. The van der Waals surface area contributed by atoms with Gasteiger partial charge in [0.05, 0.1) is 12.2 Å². The summed E-state index contributed by atoms with van der Waals surface area (Å²) in [7, 11) is 0. The van der Waals surface area contributed by atoms with Crippen molar-refractivity contribution in [2.45, 2.75) is 37.9 Å². The number of nitrogens with one attached hydrogen (secondary N) is 1. The molecule has 1 saturated heterocycles. The lowest BCUT2D eigenvalue weighted by Gasteiger charge is -2.33. The van der Waals surface area contributed by atoms with Crippen LogP contribution >= 0.6 is 0 Å². The molecular weight excluding hydrogens is 154 g/mol. The first kappa shape index (κ1) is 8.48. The number of rotatable bonds is 0. The van der Waals surface area contributed by atoms with Crippen LogP contribution in [0.5, 0.6) is 0 Å². The van der Waals surface area contributed by atoms with Crippen molar-refractivity contribution in [2.24, 2.45) is 5.41 Å². The molecule has 12 heavy (non-hydrogen) atoms. The average Bonchev–Trinajstić information content (AvgIpc) is 2.29. The zero-order chi connectivity index (χ0) is 8.60. The Morgan fingerprint density at radius 1 is 1.00 bits per heavy atom. The monoisotopic (exact) mass is 171 g/mol. The molecule has 1 spiro atoms. The van der Waals surface area contributed by atoms with E-state index in [1.165, 1.54) is 0 Å². The van der Waals surface area contributed by atoms with E-state index in [1.54, 1.807) is 0 Å². The summed E-state index contributed by atoms with van der Waals surface area (Å²) in [6, 6.07) is 0. The summed E-state index contributed by atoms with van der Waals surface area (Å²) in [5, 5.41) is 22.2. The molecule has 2 rings (SSSR count). The summed E-state index contributed by atoms with van der Waals surface area (Å²) < 4.78 is 0. The van der Waals surface area contributed by atoms with E-state index in [4.69, 9.17) is 0 Å². The van der Waals surface area contributed by atoms with E-state index in [0.29, 0.717) is 0 Å². The molecule has 1 heterocycles.